The van der Waals surface area contributed by atoms with Crippen molar-refractivity contribution in [2.24, 2.45) is 0 Å². The maximum atomic E-state index is 9.15. The molecule has 1 aliphatic heterocycles. The summed E-state index contributed by atoms with van der Waals surface area (Å²) in [7, 11) is 4.22. The number of hydrogen-bond acceptors (Lipinski definition) is 4. The number of nitrogens with one attached hydrogen (secondary N) is 1. The van der Waals surface area contributed by atoms with Gasteiger partial charge in [0.05, 0.1) is 6.61 Å². The van der Waals surface area contributed by atoms with Gasteiger partial charge in [-0.15, -0.1) is 0 Å². The molecule has 15 heavy (non-hydrogen) atoms. The van der Waals surface area contributed by atoms with Crippen LogP contribution in [0.2, 0.25) is 0 Å². The molecule has 4 heteroatoms. The van der Waals surface area contributed by atoms with Crippen LogP contribution in [0.4, 0.5) is 0 Å². The quantitative estimate of drug-likeness (QED) is 0.654. The molecule has 0 saturated carbocycles. The molecular formula is C11H25N3O. The zero-order valence-corrected chi connectivity index (χ0v) is 10.1. The molecule has 1 rings (SSSR count). The van der Waals surface area contributed by atoms with E-state index in [4.69, 9.17) is 5.11 Å². The molecule has 0 bridgehead atoms. The first-order valence-corrected chi connectivity index (χ1v) is 5.93. The van der Waals surface area contributed by atoms with Gasteiger partial charge in [-0.3, -0.25) is 0 Å². The van der Waals surface area contributed by atoms with Gasteiger partial charge in [-0.05, 0) is 53.1 Å². The van der Waals surface area contributed by atoms with Gasteiger partial charge in [0.25, 0.3) is 0 Å². The maximum absolute atomic E-state index is 9.15. The van der Waals surface area contributed by atoms with Gasteiger partial charge < -0.3 is 20.2 Å². The van der Waals surface area contributed by atoms with Crippen molar-refractivity contribution in [2.75, 3.05) is 53.4 Å². The Morgan fingerprint density at radius 2 is 2.27 bits per heavy atom. The molecule has 0 aromatic carbocycles. The van der Waals surface area contributed by atoms with Crippen LogP contribution in [0.25, 0.3) is 0 Å². The third kappa shape index (κ3) is 5.47. The lowest BCUT2D eigenvalue weighted by Gasteiger charge is -2.23. The van der Waals surface area contributed by atoms with Gasteiger partial charge in [-0.2, -0.15) is 0 Å². The van der Waals surface area contributed by atoms with E-state index in [1.807, 2.05) is 0 Å². The minimum absolute atomic E-state index is 0.254. The van der Waals surface area contributed by atoms with E-state index in [2.05, 4.69) is 29.2 Å². The van der Waals surface area contributed by atoms with Crippen LogP contribution in [-0.4, -0.2) is 74.4 Å². The summed E-state index contributed by atoms with van der Waals surface area (Å²) in [4.78, 5) is 4.68. The van der Waals surface area contributed by atoms with E-state index in [0.717, 1.165) is 32.7 Å². The number of aliphatic hydroxyl groups is 1. The van der Waals surface area contributed by atoms with Gasteiger partial charge in [-0.1, -0.05) is 0 Å². The van der Waals surface area contributed by atoms with E-state index in [1.54, 1.807) is 0 Å². The fourth-order valence-corrected chi connectivity index (χ4v) is 2.01. The second-order valence-electron chi connectivity index (χ2n) is 4.64. The van der Waals surface area contributed by atoms with E-state index in [0.29, 0.717) is 0 Å². The molecule has 1 aliphatic rings. The summed E-state index contributed by atoms with van der Waals surface area (Å²) in [6, 6.07) is 0.270. The Labute approximate surface area is 93.2 Å². The summed E-state index contributed by atoms with van der Waals surface area (Å²) >= 11 is 0. The minimum Gasteiger partial charge on any atom is -0.395 e. The Kier molecular flexibility index (Phi) is 6.17. The van der Waals surface area contributed by atoms with Crippen LogP contribution in [0, 0.1) is 0 Å². The molecule has 90 valence electrons. The average molecular weight is 215 g/mol. The molecule has 0 amide bonds. The van der Waals surface area contributed by atoms with E-state index < -0.39 is 0 Å². The molecule has 0 aromatic rings. The highest BCUT2D eigenvalue weighted by atomic mass is 16.3. The fourth-order valence-electron chi connectivity index (χ4n) is 2.01. The zero-order valence-electron chi connectivity index (χ0n) is 10.1. The second-order valence-corrected chi connectivity index (χ2v) is 4.64. The van der Waals surface area contributed by atoms with Gasteiger partial charge in [0, 0.05) is 12.6 Å². The van der Waals surface area contributed by atoms with Gasteiger partial charge in [0.2, 0.25) is 0 Å². The topological polar surface area (TPSA) is 38.7 Å². The monoisotopic (exact) mass is 215 g/mol. The number of aliphatic hydroxyl groups excluding tert-OH is 1. The predicted octanol–water partition coefficient (Wildman–Crippen LogP) is -0.406. The average Bonchev–Trinajstić information content (AvgIpc) is 2.42. The standard InChI is InChI=1S/C11H25N3O/c1-13(2)6-4-8-14-7-3-5-12-11(9-14)10-15/h11-12,15H,3-10H2,1-2H3. The van der Waals surface area contributed by atoms with Crippen molar-refractivity contribution >= 4 is 0 Å². The van der Waals surface area contributed by atoms with Crippen molar-refractivity contribution in [1.82, 2.24) is 15.1 Å². The molecule has 4 nitrogen and oxygen atoms in total. The Balaban J connectivity index is 2.20. The second kappa shape index (κ2) is 7.17. The largest absolute Gasteiger partial charge is 0.395 e. The highest BCUT2D eigenvalue weighted by molar-refractivity contribution is 4.75. The summed E-state index contributed by atoms with van der Waals surface area (Å²) in [5.41, 5.74) is 0. The third-order valence-electron chi connectivity index (χ3n) is 2.86. The number of rotatable bonds is 5. The van der Waals surface area contributed by atoms with Crippen LogP contribution in [0.15, 0.2) is 0 Å². The summed E-state index contributed by atoms with van der Waals surface area (Å²) in [6.45, 7) is 5.74. The van der Waals surface area contributed by atoms with Crippen LogP contribution < -0.4 is 5.32 Å². The SMILES string of the molecule is CN(C)CCCN1CCCNC(CO)C1. The fraction of sp³-hybridized carbons (Fsp3) is 1.00. The van der Waals surface area contributed by atoms with Crippen LogP contribution >= 0.6 is 0 Å². The Morgan fingerprint density at radius 1 is 1.47 bits per heavy atom. The summed E-state index contributed by atoms with van der Waals surface area (Å²) in [6.07, 6.45) is 2.41. The zero-order chi connectivity index (χ0) is 11.1. The normalized spacial score (nSPS) is 24.4. The summed E-state index contributed by atoms with van der Waals surface area (Å²) < 4.78 is 0. The lowest BCUT2D eigenvalue weighted by atomic mass is 10.3. The summed E-state index contributed by atoms with van der Waals surface area (Å²) in [5.74, 6) is 0. The first-order chi connectivity index (χ1) is 7.22. The molecule has 0 spiro atoms. The van der Waals surface area contributed by atoms with E-state index in [-0.39, 0.29) is 12.6 Å². The van der Waals surface area contributed by atoms with Gasteiger partial charge in [0.1, 0.15) is 0 Å². The molecule has 0 radical (unpaired) electrons. The molecule has 1 fully saturated rings. The lowest BCUT2D eigenvalue weighted by molar-refractivity contribution is 0.196. The molecule has 0 aromatic heterocycles. The van der Waals surface area contributed by atoms with Crippen molar-refractivity contribution in [2.45, 2.75) is 18.9 Å². The van der Waals surface area contributed by atoms with Crippen LogP contribution in [0.3, 0.4) is 0 Å². The predicted molar refractivity (Wildman–Crippen MR) is 63.1 cm³/mol. The Bertz CT molecular complexity index is 164. The van der Waals surface area contributed by atoms with E-state index in [9.17, 15) is 0 Å². The van der Waals surface area contributed by atoms with Crippen molar-refractivity contribution < 1.29 is 5.11 Å². The van der Waals surface area contributed by atoms with Crippen molar-refractivity contribution in [3.8, 4) is 0 Å². The van der Waals surface area contributed by atoms with Crippen molar-refractivity contribution in [1.29, 1.82) is 0 Å². The van der Waals surface area contributed by atoms with Crippen molar-refractivity contribution in [3.63, 3.8) is 0 Å². The summed E-state index contributed by atoms with van der Waals surface area (Å²) in [5, 5.41) is 12.5. The first-order valence-electron chi connectivity index (χ1n) is 5.93. The van der Waals surface area contributed by atoms with Crippen LogP contribution in [0.5, 0.6) is 0 Å². The molecule has 1 atom stereocenters. The van der Waals surface area contributed by atoms with Crippen molar-refractivity contribution in [3.05, 3.63) is 0 Å². The van der Waals surface area contributed by atoms with Gasteiger partial charge in [0.15, 0.2) is 0 Å². The lowest BCUT2D eigenvalue weighted by Crippen LogP contribution is -2.40. The molecule has 0 aliphatic carbocycles. The molecular weight excluding hydrogens is 190 g/mol. The smallest absolute Gasteiger partial charge is 0.0597 e. The third-order valence-corrected chi connectivity index (χ3v) is 2.86. The van der Waals surface area contributed by atoms with Crippen LogP contribution in [0.1, 0.15) is 12.8 Å². The van der Waals surface area contributed by atoms with Gasteiger partial charge >= 0.3 is 0 Å². The number of nitrogens with zero attached hydrogens (tertiary/aromatic N) is 2. The molecule has 1 unspecified atom stereocenters. The highest BCUT2D eigenvalue weighted by Gasteiger charge is 2.15. The molecule has 2 N–H and O–H groups in total. The minimum atomic E-state index is 0.254. The first kappa shape index (κ1) is 12.9. The maximum Gasteiger partial charge on any atom is 0.0597 e. The molecule has 1 saturated heterocycles. The van der Waals surface area contributed by atoms with Gasteiger partial charge in [-0.25, -0.2) is 0 Å². The van der Waals surface area contributed by atoms with Crippen LogP contribution in [-0.2, 0) is 0 Å². The van der Waals surface area contributed by atoms with E-state index in [1.165, 1.54) is 12.8 Å². The Hall–Kier alpha value is -0.160. The van der Waals surface area contributed by atoms with E-state index >= 15 is 0 Å². The number of hydrogen-bond donors (Lipinski definition) is 2. The Morgan fingerprint density at radius 3 is 2.93 bits per heavy atom. The highest BCUT2D eigenvalue weighted by Crippen LogP contribution is 2.01. The molecule has 1 heterocycles.